The fraction of sp³-hybridized carbons (Fsp3) is 0.409. The van der Waals surface area contributed by atoms with E-state index in [4.69, 9.17) is 4.98 Å². The number of nitrogens with one attached hydrogen (secondary N) is 2. The Morgan fingerprint density at radius 3 is 2.82 bits per heavy atom. The molecule has 0 spiro atoms. The summed E-state index contributed by atoms with van der Waals surface area (Å²) in [5, 5.41) is 2.97. The Bertz CT molecular complexity index is 1070. The Labute approximate surface area is 164 Å². The zero-order valence-electron chi connectivity index (χ0n) is 16.7. The number of anilines is 1. The number of hydrogen-bond acceptors (Lipinski definition) is 3. The zero-order valence-corrected chi connectivity index (χ0v) is 16.7. The molecule has 146 valence electrons. The highest BCUT2D eigenvalue weighted by molar-refractivity contribution is 6.08. The van der Waals surface area contributed by atoms with Crippen LogP contribution in [0, 0.1) is 6.92 Å². The Balaban J connectivity index is 1.64. The summed E-state index contributed by atoms with van der Waals surface area (Å²) in [5.74, 6) is 0.883. The summed E-state index contributed by atoms with van der Waals surface area (Å²) in [5.41, 5.74) is 5.35. The number of aromatic nitrogens is 3. The van der Waals surface area contributed by atoms with E-state index in [1.807, 2.05) is 32.0 Å². The predicted octanol–water partition coefficient (Wildman–Crippen LogP) is 4.42. The second kappa shape index (κ2) is 7.26. The van der Waals surface area contributed by atoms with Gasteiger partial charge in [0.1, 0.15) is 11.5 Å². The molecule has 28 heavy (non-hydrogen) atoms. The molecule has 1 aliphatic heterocycles. The first kappa shape index (κ1) is 18.5. The number of amides is 1. The average molecular weight is 378 g/mol. The second-order valence-corrected chi connectivity index (χ2v) is 7.54. The van der Waals surface area contributed by atoms with E-state index >= 15 is 0 Å². The van der Waals surface area contributed by atoms with Crippen LogP contribution in [-0.2, 0) is 19.4 Å². The summed E-state index contributed by atoms with van der Waals surface area (Å²) in [6.07, 6.45) is 5.23. The smallest absolute Gasteiger partial charge is 0.272 e. The van der Waals surface area contributed by atoms with Gasteiger partial charge in [0, 0.05) is 29.9 Å². The lowest BCUT2D eigenvalue weighted by molar-refractivity contribution is 0.101. The molecule has 6 heteroatoms. The highest BCUT2D eigenvalue weighted by Gasteiger charge is 2.22. The van der Waals surface area contributed by atoms with Gasteiger partial charge in [-0.3, -0.25) is 9.59 Å². The molecule has 0 radical (unpaired) electrons. The fourth-order valence-electron chi connectivity index (χ4n) is 4.32. The van der Waals surface area contributed by atoms with Crippen LogP contribution in [0.3, 0.4) is 0 Å². The summed E-state index contributed by atoms with van der Waals surface area (Å²) < 4.78 is 2.30. The van der Waals surface area contributed by atoms with Gasteiger partial charge in [0.2, 0.25) is 0 Å². The Kier molecular flexibility index (Phi) is 4.79. The van der Waals surface area contributed by atoms with Crippen LogP contribution in [0.15, 0.2) is 18.2 Å². The minimum atomic E-state index is -0.229. The van der Waals surface area contributed by atoms with E-state index in [1.165, 1.54) is 26.2 Å². The van der Waals surface area contributed by atoms with Gasteiger partial charge in [0.15, 0.2) is 5.78 Å². The van der Waals surface area contributed by atoms with E-state index in [9.17, 15) is 9.59 Å². The fourth-order valence-corrected chi connectivity index (χ4v) is 4.32. The Morgan fingerprint density at radius 1 is 1.25 bits per heavy atom. The van der Waals surface area contributed by atoms with Gasteiger partial charge in [0.25, 0.3) is 5.91 Å². The highest BCUT2D eigenvalue weighted by Crippen LogP contribution is 2.26. The number of aryl methyl sites for hydroxylation is 3. The molecule has 2 aromatic heterocycles. The Hall–Kier alpha value is -2.89. The monoisotopic (exact) mass is 378 g/mol. The third-order valence-electron chi connectivity index (χ3n) is 5.59. The van der Waals surface area contributed by atoms with Gasteiger partial charge in [-0.2, -0.15) is 0 Å². The number of carbonyl (C=O) groups is 2. The number of carbonyl (C=O) groups excluding carboxylic acids is 2. The largest absolute Gasteiger partial charge is 0.354 e. The van der Waals surface area contributed by atoms with Gasteiger partial charge in [-0.25, -0.2) is 4.98 Å². The SMILES string of the molecule is CCc1c(C(=O)Nc2ccc3c(c2)nc2n3CCCCC2)[nH]c(C)c1C(C)=O. The molecule has 0 bridgehead atoms. The van der Waals surface area contributed by atoms with E-state index in [-0.39, 0.29) is 11.7 Å². The molecule has 0 aliphatic carbocycles. The van der Waals surface area contributed by atoms with Gasteiger partial charge in [-0.05, 0) is 56.9 Å². The maximum Gasteiger partial charge on any atom is 0.272 e. The lowest BCUT2D eigenvalue weighted by Crippen LogP contribution is -2.14. The normalized spacial score (nSPS) is 14.0. The van der Waals surface area contributed by atoms with E-state index in [2.05, 4.69) is 14.9 Å². The number of aromatic amines is 1. The molecule has 1 aliphatic rings. The summed E-state index contributed by atoms with van der Waals surface area (Å²) in [6.45, 7) is 6.33. The van der Waals surface area contributed by atoms with Gasteiger partial charge in [-0.1, -0.05) is 13.3 Å². The topological polar surface area (TPSA) is 79.8 Å². The van der Waals surface area contributed by atoms with Crippen LogP contribution >= 0.6 is 0 Å². The quantitative estimate of drug-likeness (QED) is 0.660. The van der Waals surface area contributed by atoms with E-state index in [1.54, 1.807) is 0 Å². The number of benzene rings is 1. The van der Waals surface area contributed by atoms with Crippen molar-refractivity contribution in [3.8, 4) is 0 Å². The van der Waals surface area contributed by atoms with Gasteiger partial charge < -0.3 is 14.9 Å². The van der Waals surface area contributed by atoms with Crippen molar-refractivity contribution >= 4 is 28.4 Å². The van der Waals surface area contributed by atoms with Crippen LogP contribution in [0.1, 0.15) is 71.0 Å². The Morgan fingerprint density at radius 2 is 2.07 bits per heavy atom. The maximum absolute atomic E-state index is 12.9. The van der Waals surface area contributed by atoms with Crippen LogP contribution in [0.5, 0.6) is 0 Å². The molecule has 0 saturated heterocycles. The van der Waals surface area contributed by atoms with Crippen molar-refractivity contribution in [1.82, 2.24) is 14.5 Å². The van der Waals surface area contributed by atoms with Crippen LogP contribution < -0.4 is 5.32 Å². The van der Waals surface area contributed by atoms with Gasteiger partial charge >= 0.3 is 0 Å². The number of imidazole rings is 1. The van der Waals surface area contributed by atoms with Crippen molar-refractivity contribution in [2.75, 3.05) is 5.32 Å². The molecule has 6 nitrogen and oxygen atoms in total. The van der Waals surface area contributed by atoms with E-state index < -0.39 is 0 Å². The van der Waals surface area contributed by atoms with Crippen molar-refractivity contribution < 1.29 is 9.59 Å². The van der Waals surface area contributed by atoms with Gasteiger partial charge in [-0.15, -0.1) is 0 Å². The molecular formula is C22H26N4O2. The molecule has 1 amide bonds. The standard InChI is InChI=1S/C22H26N4O2/c1-4-16-20(14(3)27)13(2)23-21(16)22(28)24-15-9-10-18-17(12-15)25-19-8-6-5-7-11-26(18)19/h9-10,12,23H,4-8,11H2,1-3H3,(H,24,28). The number of fused-ring (bicyclic) bond motifs is 3. The first-order valence-electron chi connectivity index (χ1n) is 10.0. The molecule has 2 N–H and O–H groups in total. The molecular weight excluding hydrogens is 352 g/mol. The molecule has 0 unspecified atom stereocenters. The molecule has 3 heterocycles. The first-order chi connectivity index (χ1) is 13.5. The summed E-state index contributed by atoms with van der Waals surface area (Å²) in [6, 6.07) is 5.89. The van der Waals surface area contributed by atoms with Crippen LogP contribution in [0.4, 0.5) is 5.69 Å². The third-order valence-corrected chi connectivity index (χ3v) is 5.59. The molecule has 0 atom stereocenters. The number of Topliss-reactive ketones (excluding diaryl/α,β-unsaturated/α-hetero) is 1. The summed E-state index contributed by atoms with van der Waals surface area (Å²) in [4.78, 5) is 32.7. The van der Waals surface area contributed by atoms with Crippen molar-refractivity contribution in [1.29, 1.82) is 0 Å². The third kappa shape index (κ3) is 3.13. The molecule has 0 fully saturated rings. The minimum Gasteiger partial charge on any atom is -0.354 e. The number of hydrogen-bond donors (Lipinski definition) is 2. The molecule has 1 aromatic carbocycles. The zero-order chi connectivity index (χ0) is 19.8. The number of rotatable bonds is 4. The summed E-state index contributed by atoms with van der Waals surface area (Å²) in [7, 11) is 0. The molecule has 0 saturated carbocycles. The van der Waals surface area contributed by atoms with Crippen LogP contribution in [0.2, 0.25) is 0 Å². The number of ketones is 1. The molecule has 4 rings (SSSR count). The van der Waals surface area contributed by atoms with Crippen molar-refractivity contribution in [2.24, 2.45) is 0 Å². The van der Waals surface area contributed by atoms with Crippen LogP contribution in [-0.4, -0.2) is 26.2 Å². The number of nitrogens with zero attached hydrogens (tertiary/aromatic N) is 2. The second-order valence-electron chi connectivity index (χ2n) is 7.54. The minimum absolute atomic E-state index is 0.0226. The van der Waals surface area contributed by atoms with Crippen molar-refractivity contribution in [2.45, 2.75) is 59.4 Å². The first-order valence-corrected chi connectivity index (χ1v) is 10.0. The average Bonchev–Trinajstić information content (AvgIpc) is 3.09. The van der Waals surface area contributed by atoms with Crippen LogP contribution in [0.25, 0.3) is 11.0 Å². The lowest BCUT2D eigenvalue weighted by Gasteiger charge is -2.07. The maximum atomic E-state index is 12.9. The van der Waals surface area contributed by atoms with Crippen molar-refractivity contribution in [3.05, 3.63) is 46.5 Å². The van der Waals surface area contributed by atoms with E-state index in [0.29, 0.717) is 23.4 Å². The predicted molar refractivity (Wildman–Crippen MR) is 110 cm³/mol. The van der Waals surface area contributed by atoms with Crippen molar-refractivity contribution in [3.63, 3.8) is 0 Å². The summed E-state index contributed by atoms with van der Waals surface area (Å²) >= 11 is 0. The number of H-pyrrole nitrogens is 1. The van der Waals surface area contributed by atoms with Gasteiger partial charge in [0.05, 0.1) is 11.0 Å². The molecule has 3 aromatic rings. The lowest BCUT2D eigenvalue weighted by atomic mass is 10.0. The highest BCUT2D eigenvalue weighted by atomic mass is 16.2. The van der Waals surface area contributed by atoms with E-state index in [0.717, 1.165) is 41.1 Å².